The zero-order valence-electron chi connectivity index (χ0n) is 15.2. The van der Waals surface area contributed by atoms with Crippen molar-refractivity contribution in [2.75, 3.05) is 19.6 Å². The molecule has 6 nitrogen and oxygen atoms in total. The van der Waals surface area contributed by atoms with Gasteiger partial charge in [0.25, 0.3) is 0 Å². The number of β-amino-alcohol motifs (C(OH)–C–C–N with tert-alkyl or cyclic N) is 1. The van der Waals surface area contributed by atoms with Gasteiger partial charge in [-0.25, -0.2) is 0 Å². The van der Waals surface area contributed by atoms with Crippen LogP contribution in [0.1, 0.15) is 32.8 Å². The average Bonchev–Trinajstić information content (AvgIpc) is 2.49. The Hall–Kier alpha value is -1.92. The van der Waals surface area contributed by atoms with E-state index in [9.17, 15) is 19.8 Å². The first-order valence-electron chi connectivity index (χ1n) is 8.61. The largest absolute Gasteiger partial charge is 0.481 e. The van der Waals surface area contributed by atoms with Crippen LogP contribution in [0.4, 0.5) is 0 Å². The second kappa shape index (κ2) is 7.54. The lowest BCUT2D eigenvalue weighted by Crippen LogP contribution is -2.57. The lowest BCUT2D eigenvalue weighted by atomic mass is 9.71. The molecule has 1 saturated heterocycles. The Morgan fingerprint density at radius 3 is 2.44 bits per heavy atom. The van der Waals surface area contributed by atoms with E-state index in [0.29, 0.717) is 13.0 Å². The monoisotopic (exact) mass is 348 g/mol. The number of nitrogens with zero attached hydrogens (tertiary/aromatic N) is 1. The fourth-order valence-corrected chi connectivity index (χ4v) is 3.33. The van der Waals surface area contributed by atoms with Crippen molar-refractivity contribution in [3.05, 3.63) is 35.9 Å². The van der Waals surface area contributed by atoms with E-state index in [-0.39, 0.29) is 31.0 Å². The van der Waals surface area contributed by atoms with Crippen LogP contribution >= 0.6 is 0 Å². The van der Waals surface area contributed by atoms with Crippen LogP contribution in [0.2, 0.25) is 0 Å². The lowest BCUT2D eigenvalue weighted by Gasteiger charge is -2.42. The van der Waals surface area contributed by atoms with Gasteiger partial charge < -0.3 is 15.5 Å². The molecule has 0 aliphatic carbocycles. The van der Waals surface area contributed by atoms with E-state index in [1.54, 1.807) is 0 Å². The van der Waals surface area contributed by atoms with Crippen molar-refractivity contribution in [1.29, 1.82) is 0 Å². The summed E-state index contributed by atoms with van der Waals surface area (Å²) in [6, 6.07) is 9.36. The van der Waals surface area contributed by atoms with Crippen LogP contribution < -0.4 is 5.32 Å². The highest BCUT2D eigenvalue weighted by Gasteiger charge is 2.48. The molecule has 0 saturated carbocycles. The number of aliphatic hydroxyl groups is 1. The van der Waals surface area contributed by atoms with E-state index in [4.69, 9.17) is 0 Å². The molecule has 1 fully saturated rings. The molecule has 0 bridgehead atoms. The molecule has 6 heteroatoms. The molecule has 1 heterocycles. The molecule has 0 spiro atoms. The van der Waals surface area contributed by atoms with Crippen molar-refractivity contribution in [2.24, 2.45) is 5.41 Å². The molecule has 138 valence electrons. The molecule has 25 heavy (non-hydrogen) atoms. The zero-order valence-corrected chi connectivity index (χ0v) is 15.2. The number of hydrogen-bond donors (Lipinski definition) is 3. The molecule has 3 N–H and O–H groups in total. The smallest absolute Gasteiger partial charge is 0.312 e. The van der Waals surface area contributed by atoms with Crippen molar-refractivity contribution in [2.45, 2.75) is 45.3 Å². The molecule has 2 rings (SSSR count). The van der Waals surface area contributed by atoms with Crippen molar-refractivity contribution >= 4 is 11.9 Å². The van der Waals surface area contributed by atoms with Gasteiger partial charge in [0.1, 0.15) is 5.41 Å². The Bertz CT molecular complexity index is 612. The third-order valence-electron chi connectivity index (χ3n) is 4.61. The summed E-state index contributed by atoms with van der Waals surface area (Å²) in [4.78, 5) is 25.8. The second-order valence-corrected chi connectivity index (χ2v) is 7.92. The first-order chi connectivity index (χ1) is 11.6. The standard InChI is InChI=1S/C19H28N2O4/c1-18(2,3)20-16(23)13-21-10-9-19(17(24)25,15(22)12-21)11-14-7-5-4-6-8-14/h4-8,15,22H,9-13H2,1-3H3,(H,20,23)(H,24,25)/t15-,19+/m0/s1. The Balaban J connectivity index is 2.04. The van der Waals surface area contributed by atoms with Gasteiger partial charge >= 0.3 is 5.97 Å². The van der Waals surface area contributed by atoms with Crippen LogP contribution in [-0.4, -0.2) is 58.3 Å². The van der Waals surface area contributed by atoms with Crippen LogP contribution in [0.3, 0.4) is 0 Å². The number of rotatable bonds is 5. The van der Waals surface area contributed by atoms with E-state index in [1.807, 2.05) is 56.0 Å². The highest BCUT2D eigenvalue weighted by molar-refractivity contribution is 5.79. The minimum Gasteiger partial charge on any atom is -0.481 e. The maximum absolute atomic E-state index is 12.1. The van der Waals surface area contributed by atoms with E-state index < -0.39 is 17.5 Å². The summed E-state index contributed by atoms with van der Waals surface area (Å²) in [7, 11) is 0. The predicted molar refractivity (Wildman–Crippen MR) is 95.2 cm³/mol. The second-order valence-electron chi connectivity index (χ2n) is 7.92. The van der Waals surface area contributed by atoms with E-state index in [0.717, 1.165) is 5.56 Å². The SMILES string of the molecule is CC(C)(C)NC(=O)CN1CC[C@](Cc2ccccc2)(C(=O)O)[C@@H](O)C1. The molecular formula is C19H28N2O4. The number of carbonyl (C=O) groups excluding carboxylic acids is 1. The number of piperidine rings is 1. The summed E-state index contributed by atoms with van der Waals surface area (Å²) in [6.07, 6.45) is -0.436. The summed E-state index contributed by atoms with van der Waals surface area (Å²) in [5.74, 6) is -1.10. The average molecular weight is 348 g/mol. The molecule has 0 radical (unpaired) electrons. The normalized spacial score (nSPS) is 24.7. The number of likely N-dealkylation sites (tertiary alicyclic amines) is 1. The minimum atomic E-state index is -1.21. The highest BCUT2D eigenvalue weighted by Crippen LogP contribution is 2.36. The molecule has 1 aliphatic rings. The number of aliphatic carboxylic acids is 1. The summed E-state index contributed by atoms with van der Waals surface area (Å²) < 4.78 is 0. The molecular weight excluding hydrogens is 320 g/mol. The molecule has 0 aromatic heterocycles. The van der Waals surface area contributed by atoms with Gasteiger partial charge in [-0.3, -0.25) is 14.5 Å². The van der Waals surface area contributed by atoms with Gasteiger partial charge in [-0.2, -0.15) is 0 Å². The number of carboxylic acids is 1. The highest BCUT2D eigenvalue weighted by atomic mass is 16.4. The summed E-state index contributed by atoms with van der Waals surface area (Å²) in [6.45, 7) is 6.53. The molecule has 1 aliphatic heterocycles. The fourth-order valence-electron chi connectivity index (χ4n) is 3.33. The molecule has 1 amide bonds. The number of amides is 1. The Morgan fingerprint density at radius 2 is 1.92 bits per heavy atom. The summed E-state index contributed by atoms with van der Waals surface area (Å²) in [5, 5.41) is 23.3. The Kier molecular flexibility index (Phi) is 5.85. The van der Waals surface area contributed by atoms with Crippen LogP contribution in [0.5, 0.6) is 0 Å². The van der Waals surface area contributed by atoms with Crippen molar-refractivity contribution in [3.63, 3.8) is 0 Å². The number of hydrogen-bond acceptors (Lipinski definition) is 4. The molecule has 2 atom stereocenters. The number of carbonyl (C=O) groups is 2. The molecule has 1 aromatic carbocycles. The first kappa shape index (κ1) is 19.4. The van der Waals surface area contributed by atoms with Crippen LogP contribution in [0.25, 0.3) is 0 Å². The molecule has 1 aromatic rings. The Morgan fingerprint density at radius 1 is 1.28 bits per heavy atom. The van der Waals surface area contributed by atoms with Crippen LogP contribution in [-0.2, 0) is 16.0 Å². The van der Waals surface area contributed by atoms with Crippen molar-refractivity contribution in [1.82, 2.24) is 10.2 Å². The van der Waals surface area contributed by atoms with Gasteiger partial charge in [0.15, 0.2) is 0 Å². The fraction of sp³-hybridized carbons (Fsp3) is 0.579. The van der Waals surface area contributed by atoms with E-state index >= 15 is 0 Å². The van der Waals surface area contributed by atoms with Gasteiger partial charge in [0.2, 0.25) is 5.91 Å². The van der Waals surface area contributed by atoms with E-state index in [2.05, 4.69) is 5.32 Å². The van der Waals surface area contributed by atoms with Crippen molar-refractivity contribution in [3.8, 4) is 0 Å². The quantitative estimate of drug-likeness (QED) is 0.746. The van der Waals surface area contributed by atoms with Crippen LogP contribution in [0.15, 0.2) is 30.3 Å². The van der Waals surface area contributed by atoms with Gasteiger partial charge in [-0.1, -0.05) is 30.3 Å². The maximum Gasteiger partial charge on any atom is 0.312 e. The number of nitrogens with one attached hydrogen (secondary N) is 1. The summed E-state index contributed by atoms with van der Waals surface area (Å²) >= 11 is 0. The zero-order chi connectivity index (χ0) is 18.7. The van der Waals surface area contributed by atoms with Crippen molar-refractivity contribution < 1.29 is 19.8 Å². The third kappa shape index (κ3) is 5.03. The number of carboxylic acid groups (broad SMARTS) is 1. The third-order valence-corrected chi connectivity index (χ3v) is 4.61. The predicted octanol–water partition coefficient (Wildman–Crippen LogP) is 1.28. The number of benzene rings is 1. The van der Waals surface area contributed by atoms with Gasteiger partial charge in [-0.15, -0.1) is 0 Å². The van der Waals surface area contributed by atoms with E-state index in [1.165, 1.54) is 0 Å². The van der Waals surface area contributed by atoms with Gasteiger partial charge in [0, 0.05) is 12.1 Å². The minimum absolute atomic E-state index is 0.120. The lowest BCUT2D eigenvalue weighted by molar-refractivity contribution is -0.163. The topological polar surface area (TPSA) is 89.9 Å². The summed E-state index contributed by atoms with van der Waals surface area (Å²) in [5.41, 5.74) is -0.634. The van der Waals surface area contributed by atoms with Gasteiger partial charge in [0.05, 0.1) is 12.6 Å². The maximum atomic E-state index is 12.1. The molecule has 0 unspecified atom stereocenters. The Labute approximate surface area is 148 Å². The van der Waals surface area contributed by atoms with Crippen LogP contribution in [0, 0.1) is 5.41 Å². The number of aliphatic hydroxyl groups excluding tert-OH is 1. The first-order valence-corrected chi connectivity index (χ1v) is 8.61. The van der Waals surface area contributed by atoms with Gasteiger partial charge in [-0.05, 0) is 45.7 Å².